The van der Waals surface area contributed by atoms with Gasteiger partial charge in [-0.05, 0) is 31.0 Å². The van der Waals surface area contributed by atoms with Crippen molar-refractivity contribution in [3.63, 3.8) is 0 Å². The Morgan fingerprint density at radius 1 is 1.36 bits per heavy atom. The van der Waals surface area contributed by atoms with Gasteiger partial charge < -0.3 is 0 Å². The molecule has 7 heteroatoms. The first kappa shape index (κ1) is 16.8. The summed E-state index contributed by atoms with van der Waals surface area (Å²) in [5, 5.41) is -0.131. The number of benzene rings is 1. The van der Waals surface area contributed by atoms with Crippen LogP contribution in [0.4, 0.5) is 0 Å². The van der Waals surface area contributed by atoms with Crippen LogP contribution in [0.15, 0.2) is 46.2 Å². The Balaban J connectivity index is 2.36. The van der Waals surface area contributed by atoms with Crippen LogP contribution in [0.25, 0.3) is 0 Å². The minimum atomic E-state index is -3.83. The largest absolute Gasteiger partial charge is 0.286 e. The smallest absolute Gasteiger partial charge is 0.284 e. The lowest BCUT2D eigenvalue weighted by molar-refractivity contribution is -0.125. The van der Waals surface area contributed by atoms with E-state index in [1.54, 1.807) is 37.3 Å². The zero-order chi connectivity index (χ0) is 16.3. The van der Waals surface area contributed by atoms with E-state index in [2.05, 4.69) is 11.0 Å². The molecular weight excluding hydrogens is 320 g/mol. The van der Waals surface area contributed by atoms with Crippen molar-refractivity contribution in [2.24, 2.45) is 4.40 Å². The molecular formula is C15H18N2O3S2. The fourth-order valence-corrected chi connectivity index (χ4v) is 4.20. The molecule has 118 valence electrons. The number of amides is 1. The van der Waals surface area contributed by atoms with E-state index in [4.69, 9.17) is 0 Å². The Morgan fingerprint density at radius 2 is 2.00 bits per heavy atom. The molecule has 1 amide bonds. The number of aryl methyl sites for hydroxylation is 1. The molecule has 0 N–H and O–H groups in total. The molecule has 1 aliphatic heterocycles. The quantitative estimate of drug-likeness (QED) is 0.774. The van der Waals surface area contributed by atoms with Crippen LogP contribution in [0.5, 0.6) is 0 Å². The van der Waals surface area contributed by atoms with Crippen molar-refractivity contribution in [3.8, 4) is 0 Å². The predicted octanol–water partition coefficient (Wildman–Crippen LogP) is 2.44. The molecule has 1 aromatic carbocycles. The van der Waals surface area contributed by atoms with Crippen LogP contribution in [0.2, 0.25) is 0 Å². The Hall–Kier alpha value is -1.60. The van der Waals surface area contributed by atoms with Crippen LogP contribution >= 0.6 is 11.8 Å². The zero-order valence-electron chi connectivity index (χ0n) is 12.5. The van der Waals surface area contributed by atoms with Gasteiger partial charge in [-0.15, -0.1) is 11.0 Å². The first-order chi connectivity index (χ1) is 10.4. The molecule has 2 rings (SSSR count). The van der Waals surface area contributed by atoms with Crippen molar-refractivity contribution in [3.05, 3.63) is 42.5 Å². The summed E-state index contributed by atoms with van der Waals surface area (Å²) >= 11 is 1.15. The van der Waals surface area contributed by atoms with Crippen molar-refractivity contribution >= 4 is 32.9 Å². The van der Waals surface area contributed by atoms with Crippen LogP contribution in [0, 0.1) is 0 Å². The maximum atomic E-state index is 12.4. The fraction of sp³-hybridized carbons (Fsp3) is 0.333. The van der Waals surface area contributed by atoms with Gasteiger partial charge in [0.25, 0.3) is 10.0 Å². The van der Waals surface area contributed by atoms with Gasteiger partial charge in [0.1, 0.15) is 0 Å². The monoisotopic (exact) mass is 338 g/mol. The number of carbonyl (C=O) groups is 1. The fourth-order valence-electron chi connectivity index (χ4n) is 2.01. The number of hydrogen-bond donors (Lipinski definition) is 0. The van der Waals surface area contributed by atoms with Crippen molar-refractivity contribution in [2.75, 3.05) is 6.54 Å². The van der Waals surface area contributed by atoms with Crippen molar-refractivity contribution in [2.45, 2.75) is 30.4 Å². The van der Waals surface area contributed by atoms with E-state index in [1.165, 1.54) is 4.90 Å². The van der Waals surface area contributed by atoms with Gasteiger partial charge in [-0.2, -0.15) is 8.42 Å². The molecule has 1 atom stereocenters. The SMILES string of the molecule is C=CCN1C(=O)C(C)SC1=NS(=O)(=O)c1ccc(CC)cc1. The van der Waals surface area contributed by atoms with Crippen LogP contribution in [-0.2, 0) is 21.2 Å². The second-order valence-electron chi connectivity index (χ2n) is 4.84. The molecule has 1 heterocycles. The van der Waals surface area contributed by atoms with Crippen molar-refractivity contribution < 1.29 is 13.2 Å². The van der Waals surface area contributed by atoms with Gasteiger partial charge in [0.15, 0.2) is 5.17 Å². The second-order valence-corrected chi connectivity index (χ2v) is 7.76. The van der Waals surface area contributed by atoms with Crippen LogP contribution in [0.3, 0.4) is 0 Å². The molecule has 0 spiro atoms. The number of amidine groups is 1. The van der Waals surface area contributed by atoms with Crippen LogP contribution in [-0.4, -0.2) is 36.2 Å². The molecule has 0 radical (unpaired) electrons. The standard InChI is InChI=1S/C15H18N2O3S2/c1-4-10-17-14(18)11(3)21-15(17)16-22(19,20)13-8-6-12(5-2)7-9-13/h4,6-9,11H,1,5,10H2,2-3H3. The third-order valence-corrected chi connectivity index (χ3v) is 5.74. The summed E-state index contributed by atoms with van der Waals surface area (Å²) in [7, 11) is -3.83. The molecule has 0 aromatic heterocycles. The van der Waals surface area contributed by atoms with Gasteiger partial charge in [0.05, 0.1) is 10.1 Å². The first-order valence-electron chi connectivity index (χ1n) is 6.92. The number of nitrogens with zero attached hydrogens (tertiary/aromatic N) is 2. The predicted molar refractivity (Wildman–Crippen MR) is 89.4 cm³/mol. The Kier molecular flexibility index (Phi) is 5.08. The maximum Gasteiger partial charge on any atom is 0.284 e. The topological polar surface area (TPSA) is 66.8 Å². The van der Waals surface area contributed by atoms with Gasteiger partial charge in [-0.1, -0.05) is 36.9 Å². The Morgan fingerprint density at radius 3 is 2.55 bits per heavy atom. The summed E-state index contributed by atoms with van der Waals surface area (Å²) in [5.74, 6) is -0.153. The van der Waals surface area contributed by atoms with E-state index in [9.17, 15) is 13.2 Å². The molecule has 1 unspecified atom stereocenters. The molecule has 0 bridgehead atoms. The summed E-state index contributed by atoms with van der Waals surface area (Å²) in [6.07, 6.45) is 2.39. The number of thioether (sulfide) groups is 1. The summed E-state index contributed by atoms with van der Waals surface area (Å²) in [4.78, 5) is 13.5. The van der Waals surface area contributed by atoms with E-state index >= 15 is 0 Å². The highest BCUT2D eigenvalue weighted by Gasteiger charge is 2.35. The van der Waals surface area contributed by atoms with Gasteiger partial charge >= 0.3 is 0 Å². The molecule has 1 saturated heterocycles. The molecule has 5 nitrogen and oxygen atoms in total. The molecule has 1 aliphatic rings. The average molecular weight is 338 g/mol. The zero-order valence-corrected chi connectivity index (χ0v) is 14.2. The molecule has 0 saturated carbocycles. The Labute approximate surface area is 135 Å². The number of hydrogen-bond acceptors (Lipinski definition) is 4. The third kappa shape index (κ3) is 3.41. The summed E-state index contributed by atoms with van der Waals surface area (Å²) < 4.78 is 28.6. The van der Waals surface area contributed by atoms with Crippen LogP contribution in [0.1, 0.15) is 19.4 Å². The lowest BCUT2D eigenvalue weighted by Gasteiger charge is -2.13. The van der Waals surface area contributed by atoms with E-state index in [0.29, 0.717) is 0 Å². The van der Waals surface area contributed by atoms with Gasteiger partial charge in [-0.25, -0.2) is 0 Å². The molecule has 1 fully saturated rings. The highest BCUT2D eigenvalue weighted by molar-refractivity contribution is 8.16. The summed E-state index contributed by atoms with van der Waals surface area (Å²) in [6, 6.07) is 6.62. The second kappa shape index (κ2) is 6.66. The highest BCUT2D eigenvalue weighted by atomic mass is 32.2. The number of sulfonamides is 1. The molecule has 22 heavy (non-hydrogen) atoms. The molecule has 1 aromatic rings. The minimum absolute atomic E-state index is 0.128. The Bertz CT molecular complexity index is 709. The van der Waals surface area contributed by atoms with Gasteiger partial charge in [0, 0.05) is 6.54 Å². The van der Waals surface area contributed by atoms with E-state index in [-0.39, 0.29) is 27.8 Å². The van der Waals surface area contributed by atoms with E-state index in [0.717, 1.165) is 23.7 Å². The minimum Gasteiger partial charge on any atom is -0.286 e. The van der Waals surface area contributed by atoms with Gasteiger partial charge in [-0.3, -0.25) is 9.69 Å². The lowest BCUT2D eigenvalue weighted by atomic mass is 10.2. The normalized spacial score (nSPS) is 20.6. The van der Waals surface area contributed by atoms with Crippen molar-refractivity contribution in [1.82, 2.24) is 4.90 Å². The highest BCUT2D eigenvalue weighted by Crippen LogP contribution is 2.28. The van der Waals surface area contributed by atoms with E-state index in [1.807, 2.05) is 6.92 Å². The maximum absolute atomic E-state index is 12.4. The molecule has 0 aliphatic carbocycles. The third-order valence-electron chi connectivity index (χ3n) is 3.27. The van der Waals surface area contributed by atoms with Crippen molar-refractivity contribution in [1.29, 1.82) is 0 Å². The lowest BCUT2D eigenvalue weighted by Crippen LogP contribution is -2.31. The van der Waals surface area contributed by atoms with E-state index < -0.39 is 10.0 Å². The summed E-state index contributed by atoms with van der Waals surface area (Å²) in [5.41, 5.74) is 1.05. The number of rotatable bonds is 5. The van der Waals surface area contributed by atoms with Gasteiger partial charge in [0.2, 0.25) is 5.91 Å². The first-order valence-corrected chi connectivity index (χ1v) is 9.24. The van der Waals surface area contributed by atoms with Crippen LogP contribution < -0.4 is 0 Å². The summed E-state index contributed by atoms with van der Waals surface area (Å²) in [6.45, 7) is 7.56. The average Bonchev–Trinajstić information content (AvgIpc) is 2.75. The number of carbonyl (C=O) groups excluding carboxylic acids is 1.